The number of piperidine rings is 1. The number of carboxylic acid groups (broad SMARTS) is 1. The fraction of sp³-hybridized carbons (Fsp3) is 0.467. The van der Waals surface area contributed by atoms with Gasteiger partial charge in [0.1, 0.15) is 5.75 Å². The fourth-order valence-corrected chi connectivity index (χ4v) is 2.58. The zero-order chi connectivity index (χ0) is 15.5. The molecule has 0 spiro atoms. The Bertz CT molecular complexity index is 579. The average Bonchev–Trinajstić information content (AvgIpc) is 3.00. The third-order valence-electron chi connectivity index (χ3n) is 3.90. The van der Waals surface area contributed by atoms with E-state index >= 15 is 0 Å². The average molecular weight is 307 g/mol. The molecule has 1 fully saturated rings. The van der Waals surface area contributed by atoms with Crippen LogP contribution >= 0.6 is 0 Å². The largest absolute Gasteiger partial charge is 0.484 e. The summed E-state index contributed by atoms with van der Waals surface area (Å²) in [4.78, 5) is 24.6. The minimum Gasteiger partial charge on any atom is -0.484 e. The van der Waals surface area contributed by atoms with Crippen molar-refractivity contribution in [1.82, 2.24) is 4.90 Å². The molecule has 0 aromatic heterocycles. The molecule has 7 heteroatoms. The first kappa shape index (κ1) is 14.5. The van der Waals surface area contributed by atoms with Crippen molar-refractivity contribution in [1.29, 1.82) is 0 Å². The minimum absolute atomic E-state index is 0.0720. The Labute approximate surface area is 127 Å². The third kappa shape index (κ3) is 3.08. The molecule has 0 saturated carbocycles. The molecule has 2 aliphatic rings. The Hall–Kier alpha value is -2.44. The standard InChI is InChI=1S/C15H17NO6/c17-14(16-5-3-10(4-6-16)15(18)19)8-20-11-1-2-12-13(7-11)22-9-21-12/h1-2,7,10H,3-6,8-9H2,(H,18,19). The molecule has 0 atom stereocenters. The Kier molecular flexibility index (Phi) is 4.04. The molecular weight excluding hydrogens is 290 g/mol. The minimum atomic E-state index is -0.788. The topological polar surface area (TPSA) is 85.3 Å². The molecule has 3 rings (SSSR count). The Morgan fingerprint density at radius 3 is 2.68 bits per heavy atom. The number of carboxylic acids is 1. The van der Waals surface area contributed by atoms with Crippen molar-refractivity contribution in [2.45, 2.75) is 12.8 Å². The van der Waals surface area contributed by atoms with Gasteiger partial charge in [-0.2, -0.15) is 0 Å². The highest BCUT2D eigenvalue weighted by Gasteiger charge is 2.27. The normalized spacial score (nSPS) is 17.4. The number of carbonyl (C=O) groups is 2. The van der Waals surface area contributed by atoms with Crippen molar-refractivity contribution in [2.75, 3.05) is 26.5 Å². The molecular formula is C15H17NO6. The number of hydrogen-bond donors (Lipinski definition) is 1. The van der Waals surface area contributed by atoms with Gasteiger partial charge in [-0.25, -0.2) is 0 Å². The van der Waals surface area contributed by atoms with Crippen LogP contribution in [-0.4, -0.2) is 48.4 Å². The fourth-order valence-electron chi connectivity index (χ4n) is 2.58. The van der Waals surface area contributed by atoms with Crippen molar-refractivity contribution in [2.24, 2.45) is 5.92 Å². The van der Waals surface area contributed by atoms with Gasteiger partial charge in [0.15, 0.2) is 18.1 Å². The summed E-state index contributed by atoms with van der Waals surface area (Å²) in [6.07, 6.45) is 0.982. The zero-order valence-electron chi connectivity index (χ0n) is 12.0. The molecule has 1 amide bonds. The van der Waals surface area contributed by atoms with Crippen molar-refractivity contribution in [3.05, 3.63) is 18.2 Å². The molecule has 7 nitrogen and oxygen atoms in total. The zero-order valence-corrected chi connectivity index (χ0v) is 12.0. The maximum absolute atomic E-state index is 12.1. The predicted octanol–water partition coefficient (Wildman–Crippen LogP) is 1.12. The summed E-state index contributed by atoms with van der Waals surface area (Å²) in [5, 5.41) is 8.94. The SMILES string of the molecule is O=C(O)C1CCN(C(=O)COc2ccc3c(c2)OCO3)CC1. The predicted molar refractivity (Wildman–Crippen MR) is 75.0 cm³/mol. The first-order valence-electron chi connectivity index (χ1n) is 7.16. The van der Waals surface area contributed by atoms with Crippen LogP contribution in [0.2, 0.25) is 0 Å². The number of nitrogens with zero attached hydrogens (tertiary/aromatic N) is 1. The van der Waals surface area contributed by atoms with E-state index in [1.807, 2.05) is 0 Å². The van der Waals surface area contributed by atoms with Crippen LogP contribution in [0.5, 0.6) is 17.2 Å². The first-order chi connectivity index (χ1) is 10.6. The van der Waals surface area contributed by atoms with Gasteiger partial charge in [-0.05, 0) is 25.0 Å². The lowest BCUT2D eigenvalue weighted by Gasteiger charge is -2.30. The lowest BCUT2D eigenvalue weighted by atomic mass is 9.97. The van der Waals surface area contributed by atoms with E-state index in [4.69, 9.17) is 19.3 Å². The maximum atomic E-state index is 12.1. The van der Waals surface area contributed by atoms with E-state index in [0.717, 1.165) is 0 Å². The third-order valence-corrected chi connectivity index (χ3v) is 3.90. The summed E-state index contributed by atoms with van der Waals surface area (Å²) in [6, 6.07) is 5.14. The number of carbonyl (C=O) groups excluding carboxylic acids is 1. The summed E-state index contributed by atoms with van der Waals surface area (Å²) in [6.45, 7) is 1.04. The molecule has 118 valence electrons. The second kappa shape index (κ2) is 6.13. The van der Waals surface area contributed by atoms with Crippen LogP contribution in [0.4, 0.5) is 0 Å². The Balaban J connectivity index is 1.49. The van der Waals surface area contributed by atoms with Crippen molar-refractivity contribution in [3.8, 4) is 17.2 Å². The Morgan fingerprint density at radius 1 is 1.23 bits per heavy atom. The van der Waals surface area contributed by atoms with Crippen LogP contribution in [0.3, 0.4) is 0 Å². The molecule has 22 heavy (non-hydrogen) atoms. The Morgan fingerprint density at radius 2 is 1.95 bits per heavy atom. The maximum Gasteiger partial charge on any atom is 0.306 e. The summed E-state index contributed by atoms with van der Waals surface area (Å²) >= 11 is 0. The monoisotopic (exact) mass is 307 g/mol. The van der Waals surface area contributed by atoms with Gasteiger partial charge < -0.3 is 24.2 Å². The molecule has 1 aromatic rings. The molecule has 0 bridgehead atoms. The van der Waals surface area contributed by atoms with Gasteiger partial charge in [0, 0.05) is 19.2 Å². The number of amides is 1. The summed E-state index contributed by atoms with van der Waals surface area (Å²) in [5.74, 6) is 0.531. The van der Waals surface area contributed by atoms with Gasteiger partial charge in [-0.15, -0.1) is 0 Å². The number of hydrogen-bond acceptors (Lipinski definition) is 5. The quantitative estimate of drug-likeness (QED) is 0.897. The molecule has 0 radical (unpaired) electrons. The number of likely N-dealkylation sites (tertiary alicyclic amines) is 1. The van der Waals surface area contributed by atoms with Crippen LogP contribution in [-0.2, 0) is 9.59 Å². The number of fused-ring (bicyclic) bond motifs is 1. The second-order valence-electron chi connectivity index (χ2n) is 5.30. The number of rotatable bonds is 4. The highest BCUT2D eigenvalue weighted by Crippen LogP contribution is 2.35. The van der Waals surface area contributed by atoms with Crippen LogP contribution in [0.1, 0.15) is 12.8 Å². The van der Waals surface area contributed by atoms with Crippen LogP contribution in [0, 0.1) is 5.92 Å². The van der Waals surface area contributed by atoms with E-state index in [9.17, 15) is 9.59 Å². The van der Waals surface area contributed by atoms with Crippen molar-refractivity contribution >= 4 is 11.9 Å². The van der Waals surface area contributed by atoms with Gasteiger partial charge in [0.2, 0.25) is 6.79 Å². The van der Waals surface area contributed by atoms with E-state index in [2.05, 4.69) is 0 Å². The van der Waals surface area contributed by atoms with E-state index in [1.165, 1.54) is 0 Å². The lowest BCUT2D eigenvalue weighted by molar-refractivity contribution is -0.146. The molecule has 2 heterocycles. The van der Waals surface area contributed by atoms with Gasteiger partial charge in [-0.3, -0.25) is 9.59 Å². The highest BCUT2D eigenvalue weighted by molar-refractivity contribution is 5.78. The number of benzene rings is 1. The van der Waals surface area contributed by atoms with Crippen molar-refractivity contribution in [3.63, 3.8) is 0 Å². The smallest absolute Gasteiger partial charge is 0.306 e. The molecule has 2 aliphatic heterocycles. The second-order valence-corrected chi connectivity index (χ2v) is 5.30. The van der Waals surface area contributed by atoms with Crippen LogP contribution < -0.4 is 14.2 Å². The summed E-state index contributed by atoms with van der Waals surface area (Å²) < 4.78 is 15.9. The molecule has 1 aromatic carbocycles. The van der Waals surface area contributed by atoms with Gasteiger partial charge in [0.25, 0.3) is 5.91 Å². The molecule has 0 aliphatic carbocycles. The van der Waals surface area contributed by atoms with Gasteiger partial charge in [-0.1, -0.05) is 0 Å². The van der Waals surface area contributed by atoms with E-state index in [1.54, 1.807) is 23.1 Å². The summed E-state index contributed by atoms with van der Waals surface area (Å²) in [7, 11) is 0. The van der Waals surface area contributed by atoms with Crippen LogP contribution in [0.25, 0.3) is 0 Å². The lowest BCUT2D eigenvalue weighted by Crippen LogP contribution is -2.42. The van der Waals surface area contributed by atoms with E-state index in [0.29, 0.717) is 43.2 Å². The van der Waals surface area contributed by atoms with E-state index < -0.39 is 5.97 Å². The molecule has 0 unspecified atom stereocenters. The molecule has 1 N–H and O–H groups in total. The molecule has 1 saturated heterocycles. The first-order valence-corrected chi connectivity index (χ1v) is 7.16. The number of aliphatic carboxylic acids is 1. The summed E-state index contributed by atoms with van der Waals surface area (Å²) in [5.41, 5.74) is 0. The van der Waals surface area contributed by atoms with Crippen LogP contribution in [0.15, 0.2) is 18.2 Å². The van der Waals surface area contributed by atoms with E-state index in [-0.39, 0.29) is 25.2 Å². The van der Waals surface area contributed by atoms with Gasteiger partial charge >= 0.3 is 5.97 Å². The van der Waals surface area contributed by atoms with Gasteiger partial charge in [0.05, 0.1) is 5.92 Å². The van der Waals surface area contributed by atoms with Crippen molar-refractivity contribution < 1.29 is 28.9 Å². The number of ether oxygens (including phenoxy) is 3. The highest BCUT2D eigenvalue weighted by atomic mass is 16.7.